The molecule has 25 heavy (non-hydrogen) atoms. The molecule has 3 heterocycles. The number of hydrogen-bond acceptors (Lipinski definition) is 4. The van der Waals surface area contributed by atoms with Crippen LogP contribution in [0.4, 0.5) is 0 Å². The highest BCUT2D eigenvalue weighted by Gasteiger charge is 2.20. The average Bonchev–Trinajstić information content (AvgIpc) is 3.16. The second-order valence-corrected chi connectivity index (χ2v) is 6.72. The third-order valence-corrected chi connectivity index (χ3v) is 4.73. The molecule has 6 heteroatoms. The normalized spacial score (nSPS) is 13.2. The topological polar surface area (TPSA) is 72.2 Å². The minimum atomic E-state index is -0.148. The van der Waals surface area contributed by atoms with E-state index in [0.29, 0.717) is 23.4 Å². The van der Waals surface area contributed by atoms with E-state index in [1.165, 1.54) is 17.7 Å². The minimum Gasteiger partial charge on any atom is -0.348 e. The van der Waals surface area contributed by atoms with E-state index in [0.717, 1.165) is 29.8 Å². The van der Waals surface area contributed by atoms with Crippen LogP contribution >= 0.6 is 0 Å². The second-order valence-electron chi connectivity index (χ2n) is 6.72. The number of amides is 1. The van der Waals surface area contributed by atoms with Crippen LogP contribution in [0, 0.1) is 20.8 Å². The fourth-order valence-corrected chi connectivity index (χ4v) is 3.54. The predicted octanol–water partition coefficient (Wildman–Crippen LogP) is 2.47. The SMILES string of the molecule is Cc1cc(C)n2nc(C)c(C(=O)NCc3cnc4c(c3)CCC4)c2n1. The molecule has 1 aliphatic rings. The zero-order valence-electron chi connectivity index (χ0n) is 14.8. The number of nitrogens with one attached hydrogen (secondary N) is 1. The molecule has 0 saturated heterocycles. The van der Waals surface area contributed by atoms with Gasteiger partial charge in [0.1, 0.15) is 5.56 Å². The van der Waals surface area contributed by atoms with Crippen molar-refractivity contribution >= 4 is 11.6 Å². The van der Waals surface area contributed by atoms with Gasteiger partial charge in [0.05, 0.1) is 5.69 Å². The van der Waals surface area contributed by atoms with E-state index in [2.05, 4.69) is 26.4 Å². The van der Waals surface area contributed by atoms with Gasteiger partial charge >= 0.3 is 0 Å². The van der Waals surface area contributed by atoms with Crippen molar-refractivity contribution in [1.82, 2.24) is 24.9 Å². The van der Waals surface area contributed by atoms with Crippen molar-refractivity contribution in [3.05, 3.63) is 57.8 Å². The molecule has 0 radical (unpaired) electrons. The third-order valence-electron chi connectivity index (χ3n) is 4.73. The number of fused-ring (bicyclic) bond motifs is 2. The van der Waals surface area contributed by atoms with Crippen LogP contribution in [0.1, 0.15) is 50.7 Å². The molecule has 0 spiro atoms. The number of nitrogens with zero attached hydrogens (tertiary/aromatic N) is 4. The first-order valence-electron chi connectivity index (χ1n) is 8.61. The molecule has 1 aliphatic carbocycles. The highest BCUT2D eigenvalue weighted by molar-refractivity contribution is 6.01. The summed E-state index contributed by atoms with van der Waals surface area (Å²) in [6.45, 7) is 6.19. The van der Waals surface area contributed by atoms with E-state index in [1.807, 2.05) is 33.0 Å². The lowest BCUT2D eigenvalue weighted by atomic mass is 10.1. The zero-order chi connectivity index (χ0) is 17.6. The van der Waals surface area contributed by atoms with Crippen LogP contribution in [0.3, 0.4) is 0 Å². The summed E-state index contributed by atoms with van der Waals surface area (Å²) in [6, 6.07) is 4.11. The van der Waals surface area contributed by atoms with Crippen molar-refractivity contribution < 1.29 is 4.79 Å². The Morgan fingerprint density at radius 1 is 1.24 bits per heavy atom. The highest BCUT2D eigenvalue weighted by Crippen LogP contribution is 2.21. The lowest BCUT2D eigenvalue weighted by Crippen LogP contribution is -2.23. The molecule has 0 unspecified atom stereocenters. The number of carbonyl (C=O) groups excluding carboxylic acids is 1. The van der Waals surface area contributed by atoms with Crippen molar-refractivity contribution in [3.8, 4) is 0 Å². The number of hydrogen-bond donors (Lipinski definition) is 1. The summed E-state index contributed by atoms with van der Waals surface area (Å²) in [5.74, 6) is -0.148. The van der Waals surface area contributed by atoms with Crippen LogP contribution < -0.4 is 5.32 Å². The Morgan fingerprint density at radius 3 is 2.92 bits per heavy atom. The number of carbonyl (C=O) groups is 1. The van der Waals surface area contributed by atoms with Gasteiger partial charge in [0, 0.05) is 29.8 Å². The quantitative estimate of drug-likeness (QED) is 0.798. The molecule has 0 aromatic carbocycles. The van der Waals surface area contributed by atoms with E-state index < -0.39 is 0 Å². The average molecular weight is 335 g/mol. The molecule has 0 atom stereocenters. The van der Waals surface area contributed by atoms with E-state index in [4.69, 9.17) is 0 Å². The lowest BCUT2D eigenvalue weighted by Gasteiger charge is -2.07. The summed E-state index contributed by atoms with van der Waals surface area (Å²) < 4.78 is 1.73. The molecular weight excluding hydrogens is 314 g/mol. The van der Waals surface area contributed by atoms with Gasteiger partial charge in [0.25, 0.3) is 5.91 Å². The van der Waals surface area contributed by atoms with Crippen LogP contribution in [-0.2, 0) is 19.4 Å². The fourth-order valence-electron chi connectivity index (χ4n) is 3.54. The van der Waals surface area contributed by atoms with E-state index in [9.17, 15) is 4.79 Å². The largest absolute Gasteiger partial charge is 0.348 e. The summed E-state index contributed by atoms with van der Waals surface area (Å²) in [7, 11) is 0. The molecule has 0 bridgehead atoms. The van der Waals surface area contributed by atoms with Gasteiger partial charge in [0.15, 0.2) is 5.65 Å². The monoisotopic (exact) mass is 335 g/mol. The molecule has 3 aromatic heterocycles. The first-order valence-corrected chi connectivity index (χ1v) is 8.61. The Balaban J connectivity index is 1.59. The van der Waals surface area contributed by atoms with Gasteiger partial charge in [-0.1, -0.05) is 6.07 Å². The van der Waals surface area contributed by atoms with Crippen LogP contribution in [0.15, 0.2) is 18.3 Å². The first kappa shape index (κ1) is 15.7. The molecular formula is C19H21N5O. The maximum Gasteiger partial charge on any atom is 0.257 e. The molecule has 4 rings (SSSR count). The van der Waals surface area contributed by atoms with Gasteiger partial charge in [-0.05, 0) is 57.2 Å². The summed E-state index contributed by atoms with van der Waals surface area (Å²) in [5, 5.41) is 7.45. The zero-order valence-corrected chi connectivity index (χ0v) is 14.8. The Hall–Kier alpha value is -2.76. The number of aromatic nitrogens is 4. The van der Waals surface area contributed by atoms with Crippen molar-refractivity contribution in [2.75, 3.05) is 0 Å². The Bertz CT molecular complexity index is 989. The Labute approximate surface area is 146 Å². The molecule has 128 valence electrons. The van der Waals surface area contributed by atoms with E-state index in [1.54, 1.807) is 4.52 Å². The summed E-state index contributed by atoms with van der Waals surface area (Å²) >= 11 is 0. The lowest BCUT2D eigenvalue weighted by molar-refractivity contribution is 0.0951. The standard InChI is InChI=1S/C19H21N5O/c1-11-7-12(2)24-18(22-11)17(13(3)23-24)19(25)21-10-14-8-15-5-4-6-16(15)20-9-14/h7-9H,4-6,10H2,1-3H3,(H,21,25). The van der Waals surface area contributed by atoms with Gasteiger partial charge in [-0.15, -0.1) is 0 Å². The molecule has 1 N–H and O–H groups in total. The molecule has 0 saturated carbocycles. The van der Waals surface area contributed by atoms with Gasteiger partial charge in [0.2, 0.25) is 0 Å². The highest BCUT2D eigenvalue weighted by atomic mass is 16.1. The van der Waals surface area contributed by atoms with Crippen molar-refractivity contribution in [1.29, 1.82) is 0 Å². The summed E-state index contributed by atoms with van der Waals surface area (Å²) in [6.07, 6.45) is 5.18. The smallest absolute Gasteiger partial charge is 0.257 e. The van der Waals surface area contributed by atoms with Gasteiger partial charge in [-0.2, -0.15) is 5.10 Å². The van der Waals surface area contributed by atoms with E-state index in [-0.39, 0.29) is 5.91 Å². The van der Waals surface area contributed by atoms with E-state index >= 15 is 0 Å². The maximum absolute atomic E-state index is 12.7. The van der Waals surface area contributed by atoms with Crippen LogP contribution in [0.5, 0.6) is 0 Å². The number of pyridine rings is 1. The van der Waals surface area contributed by atoms with Gasteiger partial charge in [-0.25, -0.2) is 9.50 Å². The predicted molar refractivity (Wildman–Crippen MR) is 94.6 cm³/mol. The summed E-state index contributed by atoms with van der Waals surface area (Å²) in [4.78, 5) is 21.8. The Morgan fingerprint density at radius 2 is 2.08 bits per heavy atom. The molecule has 3 aromatic rings. The van der Waals surface area contributed by atoms with Gasteiger partial charge < -0.3 is 5.32 Å². The molecule has 6 nitrogen and oxygen atoms in total. The van der Waals surface area contributed by atoms with Crippen LogP contribution in [0.2, 0.25) is 0 Å². The number of aryl methyl sites for hydroxylation is 5. The third kappa shape index (κ3) is 2.77. The Kier molecular flexibility index (Phi) is 3.75. The summed E-state index contributed by atoms with van der Waals surface area (Å²) in [5.41, 5.74) is 7.22. The fraction of sp³-hybridized carbons (Fsp3) is 0.368. The molecule has 0 aliphatic heterocycles. The first-order chi connectivity index (χ1) is 12.0. The molecule has 0 fully saturated rings. The minimum absolute atomic E-state index is 0.148. The van der Waals surface area contributed by atoms with Gasteiger partial charge in [-0.3, -0.25) is 9.78 Å². The van der Waals surface area contributed by atoms with Crippen molar-refractivity contribution in [3.63, 3.8) is 0 Å². The second kappa shape index (κ2) is 5.95. The van der Waals surface area contributed by atoms with Crippen LogP contribution in [-0.4, -0.2) is 25.5 Å². The van der Waals surface area contributed by atoms with Crippen LogP contribution in [0.25, 0.3) is 5.65 Å². The maximum atomic E-state index is 12.7. The van der Waals surface area contributed by atoms with Crippen molar-refractivity contribution in [2.45, 2.75) is 46.6 Å². The molecule has 1 amide bonds. The number of rotatable bonds is 3. The van der Waals surface area contributed by atoms with Crippen molar-refractivity contribution in [2.24, 2.45) is 0 Å².